The number of piperidine rings is 1. The smallest absolute Gasteiger partial charge is 0.191 e. The van der Waals surface area contributed by atoms with Gasteiger partial charge in [-0.05, 0) is 45.1 Å². The molecule has 0 aromatic rings. The predicted octanol–water partition coefficient (Wildman–Crippen LogP) is 3.38. The van der Waals surface area contributed by atoms with E-state index in [4.69, 9.17) is 4.74 Å². The Morgan fingerprint density at radius 2 is 1.84 bits per heavy atom. The van der Waals surface area contributed by atoms with Crippen molar-refractivity contribution >= 4 is 29.9 Å². The Morgan fingerprint density at radius 1 is 1.12 bits per heavy atom. The van der Waals surface area contributed by atoms with Crippen LogP contribution in [0.25, 0.3) is 0 Å². The number of hydrogen-bond acceptors (Lipinski definition) is 3. The van der Waals surface area contributed by atoms with Gasteiger partial charge in [0, 0.05) is 39.3 Å². The molecule has 0 aromatic heterocycles. The maximum Gasteiger partial charge on any atom is 0.191 e. The maximum absolute atomic E-state index is 5.98. The molecular formula is C19H39IN4O. The molecule has 1 aliphatic carbocycles. The fourth-order valence-corrected chi connectivity index (χ4v) is 3.77. The Hall–Kier alpha value is -0.0800. The lowest BCUT2D eigenvalue weighted by atomic mass is 9.98. The first kappa shape index (κ1) is 23.0. The number of ether oxygens (including phenoxy) is 1. The Balaban J connectivity index is 0.00000312. The third kappa shape index (κ3) is 9.43. The molecular weight excluding hydrogens is 427 g/mol. The molecule has 1 heterocycles. The zero-order valence-corrected chi connectivity index (χ0v) is 18.6. The molecule has 25 heavy (non-hydrogen) atoms. The average molecular weight is 466 g/mol. The molecule has 6 heteroatoms. The van der Waals surface area contributed by atoms with Gasteiger partial charge in [-0.15, -0.1) is 24.0 Å². The number of aliphatic imine (C=N–C) groups is 1. The molecule has 0 bridgehead atoms. The number of nitrogens with one attached hydrogen (secondary N) is 2. The number of likely N-dealkylation sites (tertiary alicyclic amines) is 1. The first-order valence-electron chi connectivity index (χ1n) is 10.1. The first-order chi connectivity index (χ1) is 11.8. The van der Waals surface area contributed by atoms with E-state index >= 15 is 0 Å². The van der Waals surface area contributed by atoms with Gasteiger partial charge in [-0.25, -0.2) is 0 Å². The number of nitrogens with zero attached hydrogens (tertiary/aromatic N) is 2. The molecule has 2 fully saturated rings. The van der Waals surface area contributed by atoms with E-state index in [1.807, 2.05) is 7.05 Å². The van der Waals surface area contributed by atoms with Gasteiger partial charge in [-0.3, -0.25) is 4.99 Å². The van der Waals surface area contributed by atoms with E-state index in [0.29, 0.717) is 12.1 Å². The van der Waals surface area contributed by atoms with Crippen LogP contribution in [0.5, 0.6) is 0 Å². The van der Waals surface area contributed by atoms with E-state index < -0.39 is 0 Å². The molecule has 1 aliphatic heterocycles. The Bertz CT molecular complexity index is 353. The van der Waals surface area contributed by atoms with Crippen LogP contribution in [0, 0.1) is 0 Å². The summed E-state index contributed by atoms with van der Waals surface area (Å²) in [5.41, 5.74) is 0. The first-order valence-corrected chi connectivity index (χ1v) is 10.1. The van der Waals surface area contributed by atoms with Gasteiger partial charge in [0.1, 0.15) is 0 Å². The molecule has 5 nitrogen and oxygen atoms in total. The lowest BCUT2D eigenvalue weighted by Crippen LogP contribution is -2.49. The summed E-state index contributed by atoms with van der Waals surface area (Å²) in [7, 11) is 1.86. The highest BCUT2D eigenvalue weighted by Gasteiger charge is 2.19. The predicted molar refractivity (Wildman–Crippen MR) is 117 cm³/mol. The van der Waals surface area contributed by atoms with Crippen LogP contribution < -0.4 is 10.6 Å². The van der Waals surface area contributed by atoms with Gasteiger partial charge >= 0.3 is 0 Å². The number of hydrogen-bond donors (Lipinski definition) is 2. The van der Waals surface area contributed by atoms with Crippen molar-refractivity contribution in [2.45, 2.75) is 76.9 Å². The van der Waals surface area contributed by atoms with E-state index in [1.165, 1.54) is 71.0 Å². The van der Waals surface area contributed by atoms with E-state index in [2.05, 4.69) is 27.4 Å². The second kappa shape index (κ2) is 14.0. The average Bonchev–Trinajstić information content (AvgIpc) is 2.63. The van der Waals surface area contributed by atoms with Gasteiger partial charge in [0.15, 0.2) is 5.96 Å². The molecule has 0 atom stereocenters. The van der Waals surface area contributed by atoms with Crippen molar-refractivity contribution in [3.8, 4) is 0 Å². The second-order valence-electron chi connectivity index (χ2n) is 7.24. The number of guanidine groups is 1. The molecule has 148 valence electrons. The minimum absolute atomic E-state index is 0. The highest BCUT2D eigenvalue weighted by Crippen LogP contribution is 2.20. The van der Waals surface area contributed by atoms with Crippen molar-refractivity contribution < 1.29 is 4.74 Å². The Labute approximate surface area is 171 Å². The maximum atomic E-state index is 5.98. The minimum Gasteiger partial charge on any atom is -0.378 e. The fraction of sp³-hybridized carbons (Fsp3) is 0.947. The van der Waals surface area contributed by atoms with Crippen molar-refractivity contribution in [3.05, 3.63) is 0 Å². The van der Waals surface area contributed by atoms with Crippen LogP contribution in [-0.2, 0) is 4.74 Å². The van der Waals surface area contributed by atoms with Gasteiger partial charge in [-0.1, -0.05) is 26.2 Å². The van der Waals surface area contributed by atoms with Crippen molar-refractivity contribution in [1.29, 1.82) is 0 Å². The monoisotopic (exact) mass is 466 g/mol. The summed E-state index contributed by atoms with van der Waals surface area (Å²) < 4.78 is 5.98. The molecule has 0 amide bonds. The second-order valence-corrected chi connectivity index (χ2v) is 7.24. The Morgan fingerprint density at radius 3 is 2.48 bits per heavy atom. The van der Waals surface area contributed by atoms with E-state index in [1.54, 1.807) is 0 Å². The minimum atomic E-state index is 0. The van der Waals surface area contributed by atoms with Crippen LogP contribution >= 0.6 is 24.0 Å². The third-order valence-electron chi connectivity index (χ3n) is 5.21. The lowest BCUT2D eigenvalue weighted by Gasteiger charge is -2.32. The van der Waals surface area contributed by atoms with E-state index in [9.17, 15) is 0 Å². The third-order valence-corrected chi connectivity index (χ3v) is 5.21. The normalized spacial score (nSPS) is 21.0. The van der Waals surface area contributed by atoms with Gasteiger partial charge < -0.3 is 20.3 Å². The topological polar surface area (TPSA) is 48.9 Å². The highest BCUT2D eigenvalue weighted by atomic mass is 127. The highest BCUT2D eigenvalue weighted by molar-refractivity contribution is 14.0. The van der Waals surface area contributed by atoms with Crippen LogP contribution in [0.2, 0.25) is 0 Å². The van der Waals surface area contributed by atoms with Crippen molar-refractivity contribution in [3.63, 3.8) is 0 Å². The lowest BCUT2D eigenvalue weighted by molar-refractivity contribution is 0.0277. The van der Waals surface area contributed by atoms with Crippen molar-refractivity contribution in [2.75, 3.05) is 39.8 Å². The molecule has 0 spiro atoms. The number of rotatable bonds is 8. The summed E-state index contributed by atoms with van der Waals surface area (Å²) >= 11 is 0. The SMILES string of the molecule is CCCN1CCC(NC(=NC)NCCCOC2CCCCC2)CC1.I. The van der Waals surface area contributed by atoms with Gasteiger partial charge in [0.25, 0.3) is 0 Å². The van der Waals surface area contributed by atoms with Gasteiger partial charge in [-0.2, -0.15) is 0 Å². The molecule has 2 N–H and O–H groups in total. The van der Waals surface area contributed by atoms with Crippen LogP contribution in [0.4, 0.5) is 0 Å². The summed E-state index contributed by atoms with van der Waals surface area (Å²) in [6.07, 6.45) is 11.8. The summed E-state index contributed by atoms with van der Waals surface area (Å²) in [4.78, 5) is 6.93. The summed E-state index contributed by atoms with van der Waals surface area (Å²) in [6, 6.07) is 0.558. The van der Waals surface area contributed by atoms with Crippen molar-refractivity contribution in [2.24, 2.45) is 4.99 Å². The summed E-state index contributed by atoms with van der Waals surface area (Å²) in [5, 5.41) is 7.02. The fourth-order valence-electron chi connectivity index (χ4n) is 3.77. The van der Waals surface area contributed by atoms with Gasteiger partial charge in [0.2, 0.25) is 0 Å². The quantitative estimate of drug-likeness (QED) is 0.249. The summed E-state index contributed by atoms with van der Waals surface area (Å²) in [6.45, 7) is 7.70. The molecule has 2 rings (SSSR count). The zero-order chi connectivity index (χ0) is 17.0. The number of halogens is 1. The van der Waals surface area contributed by atoms with Crippen LogP contribution in [-0.4, -0.2) is 62.8 Å². The molecule has 1 saturated carbocycles. The standard InChI is InChI=1S/C19H38N4O.HI/c1-3-13-23-14-10-17(11-15-23)22-19(20-2)21-12-7-16-24-18-8-5-4-6-9-18;/h17-18H,3-16H2,1-2H3,(H2,20,21,22);1H. The largest absolute Gasteiger partial charge is 0.378 e. The molecule has 0 unspecified atom stereocenters. The zero-order valence-electron chi connectivity index (χ0n) is 16.3. The molecule has 2 aliphatic rings. The van der Waals surface area contributed by atoms with Gasteiger partial charge in [0.05, 0.1) is 6.10 Å². The van der Waals surface area contributed by atoms with E-state index in [0.717, 1.165) is 25.5 Å². The Kier molecular flexibility index (Phi) is 12.9. The molecule has 1 saturated heterocycles. The molecule has 0 aromatic carbocycles. The van der Waals surface area contributed by atoms with Crippen LogP contribution in [0.3, 0.4) is 0 Å². The van der Waals surface area contributed by atoms with E-state index in [-0.39, 0.29) is 24.0 Å². The van der Waals surface area contributed by atoms with Crippen LogP contribution in [0.15, 0.2) is 4.99 Å². The van der Waals surface area contributed by atoms with Crippen LogP contribution in [0.1, 0.15) is 64.7 Å². The summed E-state index contributed by atoms with van der Waals surface area (Å²) in [5.74, 6) is 0.946. The van der Waals surface area contributed by atoms with Crippen molar-refractivity contribution in [1.82, 2.24) is 15.5 Å². The molecule has 0 radical (unpaired) electrons.